The summed E-state index contributed by atoms with van der Waals surface area (Å²) < 4.78 is 34.8. The summed E-state index contributed by atoms with van der Waals surface area (Å²) in [7, 11) is 0. The molecule has 0 aromatic rings. The molecule has 76 valence electrons. The Balaban J connectivity index is 3.96. The summed E-state index contributed by atoms with van der Waals surface area (Å²) in [6.07, 6.45) is -4.41. The summed E-state index contributed by atoms with van der Waals surface area (Å²) in [6.45, 7) is -0.0210. The van der Waals surface area contributed by atoms with Crippen LogP contribution in [-0.4, -0.2) is 23.6 Å². The van der Waals surface area contributed by atoms with E-state index in [4.69, 9.17) is 5.73 Å². The molecule has 0 heterocycles. The molecule has 0 bridgehead atoms. The van der Waals surface area contributed by atoms with Crippen molar-refractivity contribution >= 4 is 23.1 Å². The lowest BCUT2D eigenvalue weighted by atomic mass is 10.2. The van der Waals surface area contributed by atoms with Crippen molar-refractivity contribution in [3.63, 3.8) is 0 Å². The van der Waals surface area contributed by atoms with Gasteiger partial charge >= 0.3 is 6.18 Å². The monoisotopic (exact) mass is 214 g/mol. The van der Waals surface area contributed by atoms with Crippen molar-refractivity contribution in [3.8, 4) is 0 Å². The van der Waals surface area contributed by atoms with Crippen LogP contribution in [0.3, 0.4) is 0 Å². The smallest absolute Gasteiger partial charge is 0.393 e. The number of thiocarbonyl (C=S) groups is 1. The minimum absolute atomic E-state index is 0.125. The fourth-order valence-corrected chi connectivity index (χ4v) is 0.577. The number of rotatable bonds is 3. The van der Waals surface area contributed by atoms with Gasteiger partial charge in [-0.2, -0.15) is 13.2 Å². The molecule has 0 fully saturated rings. The Hall–Kier alpha value is -0.850. The third-order valence-electron chi connectivity index (χ3n) is 1.28. The van der Waals surface area contributed by atoms with Gasteiger partial charge in [-0.05, 0) is 6.92 Å². The van der Waals surface area contributed by atoms with E-state index in [0.29, 0.717) is 0 Å². The molecule has 0 saturated carbocycles. The molecule has 1 atom stereocenters. The van der Waals surface area contributed by atoms with Gasteiger partial charge in [0, 0.05) is 0 Å². The maximum atomic E-state index is 11.6. The van der Waals surface area contributed by atoms with E-state index in [9.17, 15) is 18.0 Å². The van der Waals surface area contributed by atoms with Crippen LogP contribution in [0.1, 0.15) is 6.92 Å². The Morgan fingerprint density at radius 2 is 2.08 bits per heavy atom. The van der Waals surface area contributed by atoms with Gasteiger partial charge in [-0.1, -0.05) is 12.2 Å². The SMILES string of the molecule is CC(C(=O)NCC(F)(F)F)C(N)=S. The van der Waals surface area contributed by atoms with E-state index < -0.39 is 24.5 Å². The number of hydrogen-bond donors (Lipinski definition) is 2. The lowest BCUT2D eigenvalue weighted by molar-refractivity contribution is -0.139. The number of alkyl halides is 3. The van der Waals surface area contributed by atoms with Gasteiger partial charge in [0.2, 0.25) is 5.91 Å². The van der Waals surface area contributed by atoms with Gasteiger partial charge in [0.05, 0.1) is 10.9 Å². The van der Waals surface area contributed by atoms with E-state index in [1.165, 1.54) is 6.92 Å². The standard InChI is InChI=1S/C6H9F3N2OS/c1-3(4(10)13)5(12)11-2-6(7,8)9/h3H,2H2,1H3,(H2,10,13)(H,11,12). The fourth-order valence-electron chi connectivity index (χ4n) is 0.470. The molecule has 0 radical (unpaired) electrons. The Morgan fingerprint density at radius 1 is 1.62 bits per heavy atom. The Bertz CT molecular complexity index is 216. The van der Waals surface area contributed by atoms with Crippen LogP contribution in [0.25, 0.3) is 0 Å². The molecule has 0 aliphatic carbocycles. The van der Waals surface area contributed by atoms with Gasteiger partial charge in [0.25, 0.3) is 0 Å². The molecule has 0 saturated heterocycles. The van der Waals surface area contributed by atoms with Crippen LogP contribution in [0, 0.1) is 5.92 Å². The van der Waals surface area contributed by atoms with Gasteiger partial charge in [-0.15, -0.1) is 0 Å². The second-order valence-electron chi connectivity index (χ2n) is 2.46. The molecule has 1 unspecified atom stereocenters. The third-order valence-corrected chi connectivity index (χ3v) is 1.64. The minimum atomic E-state index is -4.41. The Morgan fingerprint density at radius 3 is 2.38 bits per heavy atom. The second kappa shape index (κ2) is 4.40. The van der Waals surface area contributed by atoms with Crippen LogP contribution < -0.4 is 11.1 Å². The number of hydrogen-bond acceptors (Lipinski definition) is 2. The first-order chi connectivity index (χ1) is 5.74. The summed E-state index contributed by atoms with van der Waals surface area (Å²) in [5.41, 5.74) is 5.07. The highest BCUT2D eigenvalue weighted by molar-refractivity contribution is 7.80. The molecule has 0 rings (SSSR count). The van der Waals surface area contributed by atoms with Gasteiger partial charge in [-0.3, -0.25) is 4.79 Å². The molecule has 13 heavy (non-hydrogen) atoms. The average Bonchev–Trinajstić information content (AvgIpc) is 1.97. The number of amides is 1. The van der Waals surface area contributed by atoms with Crippen LogP contribution in [0.4, 0.5) is 13.2 Å². The Kier molecular flexibility index (Phi) is 4.12. The highest BCUT2D eigenvalue weighted by Crippen LogP contribution is 2.12. The summed E-state index contributed by atoms with van der Waals surface area (Å²) in [5, 5.41) is 1.67. The number of nitrogens with one attached hydrogen (secondary N) is 1. The highest BCUT2D eigenvalue weighted by Gasteiger charge is 2.28. The lowest BCUT2D eigenvalue weighted by Crippen LogP contribution is -2.40. The van der Waals surface area contributed by atoms with Gasteiger partial charge in [0.1, 0.15) is 6.54 Å². The molecule has 0 aliphatic heterocycles. The second-order valence-corrected chi connectivity index (χ2v) is 2.93. The van der Waals surface area contributed by atoms with E-state index in [0.717, 1.165) is 0 Å². The molecule has 0 aromatic carbocycles. The molecular weight excluding hydrogens is 205 g/mol. The van der Waals surface area contributed by atoms with Gasteiger partial charge < -0.3 is 11.1 Å². The van der Waals surface area contributed by atoms with E-state index in [1.54, 1.807) is 5.32 Å². The highest BCUT2D eigenvalue weighted by atomic mass is 32.1. The lowest BCUT2D eigenvalue weighted by Gasteiger charge is -2.11. The Labute approximate surface area is 78.5 Å². The van der Waals surface area contributed by atoms with E-state index >= 15 is 0 Å². The van der Waals surface area contributed by atoms with Crippen molar-refractivity contribution < 1.29 is 18.0 Å². The predicted octanol–water partition coefficient (Wildman–Crippen LogP) is 0.587. The molecule has 3 nitrogen and oxygen atoms in total. The van der Waals surface area contributed by atoms with Crippen molar-refractivity contribution in [1.82, 2.24) is 5.32 Å². The first-order valence-electron chi connectivity index (χ1n) is 3.38. The van der Waals surface area contributed by atoms with E-state index in [-0.39, 0.29) is 4.99 Å². The topological polar surface area (TPSA) is 55.1 Å². The fraction of sp³-hybridized carbons (Fsp3) is 0.667. The van der Waals surface area contributed by atoms with Crippen LogP contribution in [0.15, 0.2) is 0 Å². The van der Waals surface area contributed by atoms with Crippen LogP contribution in [-0.2, 0) is 4.79 Å². The van der Waals surface area contributed by atoms with E-state index in [2.05, 4.69) is 12.2 Å². The molecule has 7 heteroatoms. The van der Waals surface area contributed by atoms with Crippen LogP contribution >= 0.6 is 12.2 Å². The summed E-state index contributed by atoms with van der Waals surface area (Å²) in [5.74, 6) is -1.69. The molecule has 0 aromatic heterocycles. The van der Waals surface area contributed by atoms with E-state index in [1.807, 2.05) is 0 Å². The summed E-state index contributed by atoms with van der Waals surface area (Å²) >= 11 is 4.44. The van der Waals surface area contributed by atoms with Crippen molar-refractivity contribution in [2.75, 3.05) is 6.54 Å². The molecule has 0 spiro atoms. The van der Waals surface area contributed by atoms with Gasteiger partial charge in [0.15, 0.2) is 0 Å². The zero-order valence-electron chi connectivity index (χ0n) is 6.81. The number of halogens is 3. The maximum absolute atomic E-state index is 11.6. The molecule has 0 aliphatic rings. The number of carbonyl (C=O) groups is 1. The predicted molar refractivity (Wildman–Crippen MR) is 45.0 cm³/mol. The molecule has 1 amide bonds. The van der Waals surface area contributed by atoms with Crippen molar-refractivity contribution in [3.05, 3.63) is 0 Å². The molecule has 3 N–H and O–H groups in total. The average molecular weight is 214 g/mol. The zero-order valence-corrected chi connectivity index (χ0v) is 7.63. The number of nitrogens with two attached hydrogens (primary N) is 1. The zero-order chi connectivity index (χ0) is 10.6. The van der Waals surface area contributed by atoms with Crippen LogP contribution in [0.2, 0.25) is 0 Å². The van der Waals surface area contributed by atoms with Crippen LogP contribution in [0.5, 0.6) is 0 Å². The maximum Gasteiger partial charge on any atom is 0.405 e. The quantitative estimate of drug-likeness (QED) is 0.676. The summed E-state index contributed by atoms with van der Waals surface area (Å²) in [4.78, 5) is 10.7. The third kappa shape index (κ3) is 5.40. The van der Waals surface area contributed by atoms with Gasteiger partial charge in [-0.25, -0.2) is 0 Å². The minimum Gasteiger partial charge on any atom is -0.393 e. The van der Waals surface area contributed by atoms with Crippen molar-refractivity contribution in [2.45, 2.75) is 13.1 Å². The van der Waals surface area contributed by atoms with Crippen molar-refractivity contribution in [1.29, 1.82) is 0 Å². The normalized spacial score (nSPS) is 13.5. The first kappa shape index (κ1) is 12.2. The first-order valence-corrected chi connectivity index (χ1v) is 3.78. The van der Waals surface area contributed by atoms with Crippen molar-refractivity contribution in [2.24, 2.45) is 11.7 Å². The largest absolute Gasteiger partial charge is 0.405 e. The number of carbonyl (C=O) groups excluding carboxylic acids is 1. The summed E-state index contributed by atoms with van der Waals surface area (Å²) in [6, 6.07) is 0. The molecular formula is C6H9F3N2OS.